The molecule has 21 heavy (non-hydrogen) atoms. The van der Waals surface area contributed by atoms with Crippen LogP contribution in [-0.2, 0) is 0 Å². The van der Waals surface area contributed by atoms with Crippen LogP contribution in [0, 0.1) is 12.7 Å². The lowest BCUT2D eigenvalue weighted by Gasteiger charge is -2.15. The van der Waals surface area contributed by atoms with Crippen molar-refractivity contribution in [2.75, 3.05) is 5.32 Å². The molecule has 1 aromatic heterocycles. The molecule has 0 aliphatic rings. The highest BCUT2D eigenvalue weighted by Gasteiger charge is 2.13. The highest BCUT2D eigenvalue weighted by molar-refractivity contribution is 9.10. The van der Waals surface area contributed by atoms with E-state index in [9.17, 15) is 4.39 Å². The van der Waals surface area contributed by atoms with Crippen LogP contribution in [0.3, 0.4) is 0 Å². The van der Waals surface area contributed by atoms with Crippen molar-refractivity contribution in [3.63, 3.8) is 0 Å². The molecular formula is C17H15BrFNO. The van der Waals surface area contributed by atoms with Gasteiger partial charge in [-0.25, -0.2) is 4.39 Å². The summed E-state index contributed by atoms with van der Waals surface area (Å²) in [5.74, 6) is 0.602. The molecule has 2 nitrogen and oxygen atoms in total. The van der Waals surface area contributed by atoms with Gasteiger partial charge in [-0.15, -0.1) is 0 Å². The number of aryl methyl sites for hydroxylation is 1. The number of halogens is 2. The fourth-order valence-corrected chi connectivity index (χ4v) is 2.67. The highest BCUT2D eigenvalue weighted by atomic mass is 79.9. The lowest BCUT2D eigenvalue weighted by atomic mass is 10.1. The Balaban J connectivity index is 1.89. The number of rotatable bonds is 3. The minimum absolute atomic E-state index is 0.00605. The molecule has 0 aliphatic carbocycles. The molecule has 2 aromatic carbocycles. The van der Waals surface area contributed by atoms with Gasteiger partial charge in [-0.3, -0.25) is 0 Å². The van der Waals surface area contributed by atoms with Crippen LogP contribution in [-0.4, -0.2) is 0 Å². The van der Waals surface area contributed by atoms with Gasteiger partial charge < -0.3 is 9.73 Å². The van der Waals surface area contributed by atoms with Crippen LogP contribution in [0.5, 0.6) is 0 Å². The Morgan fingerprint density at radius 3 is 2.71 bits per heavy atom. The SMILES string of the molecule is Cc1cc(F)c(Br)cc1NC(C)c1cc2ccccc2o1. The Kier molecular flexibility index (Phi) is 3.72. The smallest absolute Gasteiger partial charge is 0.137 e. The van der Waals surface area contributed by atoms with Crippen LogP contribution >= 0.6 is 15.9 Å². The molecule has 0 radical (unpaired) electrons. The quantitative estimate of drug-likeness (QED) is 0.646. The Labute approximate surface area is 131 Å². The van der Waals surface area contributed by atoms with Gasteiger partial charge in [0, 0.05) is 11.1 Å². The predicted molar refractivity (Wildman–Crippen MR) is 87.1 cm³/mol. The van der Waals surface area contributed by atoms with E-state index in [2.05, 4.69) is 21.2 Å². The number of furan rings is 1. The molecule has 0 saturated heterocycles. The van der Waals surface area contributed by atoms with Crippen LogP contribution in [0.25, 0.3) is 11.0 Å². The standard InChI is InChI=1S/C17H15BrFNO/c1-10-7-14(19)13(18)9-15(10)20-11(2)17-8-12-5-3-4-6-16(12)21-17/h3-9,11,20H,1-2H3. The lowest BCUT2D eigenvalue weighted by molar-refractivity contribution is 0.526. The number of anilines is 1. The fourth-order valence-electron chi connectivity index (χ4n) is 2.32. The topological polar surface area (TPSA) is 25.2 Å². The van der Waals surface area contributed by atoms with Crippen molar-refractivity contribution in [3.8, 4) is 0 Å². The molecule has 3 rings (SSSR count). The molecule has 0 saturated carbocycles. The van der Waals surface area contributed by atoms with Gasteiger partial charge in [0.2, 0.25) is 0 Å². The van der Waals surface area contributed by atoms with Gasteiger partial charge in [0.1, 0.15) is 17.2 Å². The van der Waals surface area contributed by atoms with Crippen LogP contribution in [0.2, 0.25) is 0 Å². The first-order valence-electron chi connectivity index (χ1n) is 6.75. The van der Waals surface area contributed by atoms with Gasteiger partial charge in [-0.05, 0) is 59.6 Å². The number of hydrogen-bond donors (Lipinski definition) is 1. The summed E-state index contributed by atoms with van der Waals surface area (Å²) in [6, 6.07) is 13.2. The summed E-state index contributed by atoms with van der Waals surface area (Å²) < 4.78 is 19.8. The third-order valence-corrected chi connectivity index (χ3v) is 4.12. The Bertz CT molecular complexity index is 764. The predicted octanol–water partition coefficient (Wildman–Crippen LogP) is 5.82. The zero-order chi connectivity index (χ0) is 15.0. The Morgan fingerprint density at radius 1 is 1.19 bits per heavy atom. The van der Waals surface area contributed by atoms with E-state index in [0.29, 0.717) is 4.47 Å². The average molecular weight is 348 g/mol. The second-order valence-corrected chi connectivity index (χ2v) is 5.99. The molecule has 0 spiro atoms. The van der Waals surface area contributed by atoms with Crippen molar-refractivity contribution in [1.82, 2.24) is 0 Å². The van der Waals surface area contributed by atoms with E-state index >= 15 is 0 Å². The first kappa shape index (κ1) is 14.1. The van der Waals surface area contributed by atoms with E-state index in [1.165, 1.54) is 6.07 Å². The number of nitrogens with one attached hydrogen (secondary N) is 1. The summed E-state index contributed by atoms with van der Waals surface area (Å²) in [5.41, 5.74) is 2.62. The van der Waals surface area contributed by atoms with Gasteiger partial charge in [-0.1, -0.05) is 18.2 Å². The summed E-state index contributed by atoms with van der Waals surface area (Å²) in [7, 11) is 0. The monoisotopic (exact) mass is 347 g/mol. The average Bonchev–Trinajstić information content (AvgIpc) is 2.88. The van der Waals surface area contributed by atoms with Crippen LogP contribution in [0.15, 0.2) is 51.4 Å². The van der Waals surface area contributed by atoms with Crippen molar-refractivity contribution >= 4 is 32.6 Å². The van der Waals surface area contributed by atoms with Crippen molar-refractivity contribution in [1.29, 1.82) is 0 Å². The lowest BCUT2D eigenvalue weighted by Crippen LogP contribution is -2.07. The van der Waals surface area contributed by atoms with Gasteiger partial charge in [0.15, 0.2) is 0 Å². The molecule has 1 atom stereocenters. The van der Waals surface area contributed by atoms with Gasteiger partial charge in [0.25, 0.3) is 0 Å². The summed E-state index contributed by atoms with van der Waals surface area (Å²) in [4.78, 5) is 0. The molecular weight excluding hydrogens is 333 g/mol. The maximum atomic E-state index is 13.5. The number of fused-ring (bicyclic) bond motifs is 1. The zero-order valence-corrected chi connectivity index (χ0v) is 13.4. The molecule has 0 bridgehead atoms. The highest BCUT2D eigenvalue weighted by Crippen LogP contribution is 2.29. The van der Waals surface area contributed by atoms with E-state index in [-0.39, 0.29) is 11.9 Å². The van der Waals surface area contributed by atoms with Gasteiger partial charge in [-0.2, -0.15) is 0 Å². The fraction of sp³-hybridized carbons (Fsp3) is 0.176. The molecule has 108 valence electrons. The molecule has 4 heteroatoms. The minimum Gasteiger partial charge on any atom is -0.459 e. The molecule has 1 N–H and O–H groups in total. The van der Waals surface area contributed by atoms with E-state index in [1.807, 2.05) is 44.2 Å². The van der Waals surface area contributed by atoms with E-state index < -0.39 is 0 Å². The molecule has 3 aromatic rings. The van der Waals surface area contributed by atoms with Crippen molar-refractivity contribution < 1.29 is 8.81 Å². The second-order valence-electron chi connectivity index (χ2n) is 5.13. The number of benzene rings is 2. The molecule has 1 heterocycles. The Hall–Kier alpha value is -1.81. The van der Waals surface area contributed by atoms with E-state index in [4.69, 9.17) is 4.42 Å². The third kappa shape index (κ3) is 2.81. The van der Waals surface area contributed by atoms with Crippen molar-refractivity contribution in [2.45, 2.75) is 19.9 Å². The number of para-hydroxylation sites is 1. The molecule has 1 unspecified atom stereocenters. The maximum absolute atomic E-state index is 13.5. The van der Waals surface area contributed by atoms with Crippen molar-refractivity contribution in [2.24, 2.45) is 0 Å². The van der Waals surface area contributed by atoms with Crippen molar-refractivity contribution in [3.05, 3.63) is 64.1 Å². The van der Waals surface area contributed by atoms with Crippen LogP contribution < -0.4 is 5.32 Å². The summed E-state index contributed by atoms with van der Waals surface area (Å²) >= 11 is 3.22. The first-order valence-corrected chi connectivity index (χ1v) is 7.54. The number of hydrogen-bond acceptors (Lipinski definition) is 2. The molecule has 0 amide bonds. The second kappa shape index (κ2) is 5.53. The van der Waals surface area contributed by atoms with E-state index in [0.717, 1.165) is 28.0 Å². The molecule has 0 fully saturated rings. The third-order valence-electron chi connectivity index (χ3n) is 3.51. The van der Waals surface area contributed by atoms with Crippen LogP contribution in [0.1, 0.15) is 24.3 Å². The van der Waals surface area contributed by atoms with Gasteiger partial charge >= 0.3 is 0 Å². The molecule has 0 aliphatic heterocycles. The zero-order valence-electron chi connectivity index (χ0n) is 11.8. The maximum Gasteiger partial charge on any atom is 0.137 e. The van der Waals surface area contributed by atoms with Crippen LogP contribution in [0.4, 0.5) is 10.1 Å². The summed E-state index contributed by atoms with van der Waals surface area (Å²) in [6.45, 7) is 3.90. The largest absolute Gasteiger partial charge is 0.459 e. The van der Waals surface area contributed by atoms with Gasteiger partial charge in [0.05, 0.1) is 10.5 Å². The summed E-state index contributed by atoms with van der Waals surface area (Å²) in [6.07, 6.45) is 0. The normalized spacial score (nSPS) is 12.6. The first-order chi connectivity index (χ1) is 10.0. The Morgan fingerprint density at radius 2 is 1.95 bits per heavy atom. The minimum atomic E-state index is -0.255. The summed E-state index contributed by atoms with van der Waals surface area (Å²) in [5, 5.41) is 4.45. The van der Waals surface area contributed by atoms with E-state index in [1.54, 1.807) is 6.07 Å².